The Morgan fingerprint density at radius 3 is 2.59 bits per heavy atom. The lowest BCUT2D eigenvalue weighted by molar-refractivity contribution is 0.560. The first-order chi connectivity index (χ1) is 8.19. The van der Waals surface area contributed by atoms with Crippen molar-refractivity contribution in [3.8, 4) is 0 Å². The fourth-order valence-electron chi connectivity index (χ4n) is 1.57. The molecule has 0 spiro atoms. The lowest BCUT2D eigenvalue weighted by Gasteiger charge is -2.13. The number of thiophene rings is 1. The highest BCUT2D eigenvalue weighted by atomic mass is 79.9. The standard InChI is InChI=1S/C12H14BrN3S/c1-8-6-15-12(16-7-8)10(14-2)5-9-3-4-11(13)17-9/h3-4,6-7,10,14H,5H2,1-2H3. The van der Waals surface area contributed by atoms with Gasteiger partial charge < -0.3 is 5.32 Å². The molecule has 0 radical (unpaired) electrons. The summed E-state index contributed by atoms with van der Waals surface area (Å²) in [6.07, 6.45) is 4.63. The van der Waals surface area contributed by atoms with Gasteiger partial charge in [0.2, 0.25) is 0 Å². The van der Waals surface area contributed by atoms with E-state index in [1.54, 1.807) is 11.3 Å². The lowest BCUT2D eigenvalue weighted by Crippen LogP contribution is -2.20. The third-order valence-corrected chi connectivity index (χ3v) is 4.14. The quantitative estimate of drug-likeness (QED) is 0.942. The normalized spacial score (nSPS) is 12.6. The van der Waals surface area contributed by atoms with E-state index in [1.165, 1.54) is 4.88 Å². The second-order valence-electron chi connectivity index (χ2n) is 3.87. The van der Waals surface area contributed by atoms with Gasteiger partial charge in [-0.05, 0) is 47.6 Å². The molecule has 2 aromatic rings. The number of nitrogens with one attached hydrogen (secondary N) is 1. The molecule has 0 aliphatic heterocycles. The fourth-order valence-corrected chi connectivity index (χ4v) is 3.10. The smallest absolute Gasteiger partial charge is 0.145 e. The van der Waals surface area contributed by atoms with Crippen LogP contribution in [0.3, 0.4) is 0 Å². The maximum absolute atomic E-state index is 4.37. The highest BCUT2D eigenvalue weighted by Gasteiger charge is 2.13. The van der Waals surface area contributed by atoms with Gasteiger partial charge in [0, 0.05) is 23.7 Å². The third-order valence-electron chi connectivity index (χ3n) is 2.50. The molecule has 2 rings (SSSR count). The molecule has 0 bridgehead atoms. The Kier molecular flexibility index (Phi) is 4.25. The van der Waals surface area contributed by atoms with Crippen molar-refractivity contribution in [3.63, 3.8) is 0 Å². The van der Waals surface area contributed by atoms with Crippen LogP contribution < -0.4 is 5.32 Å². The topological polar surface area (TPSA) is 37.8 Å². The predicted octanol–water partition coefficient (Wildman–Crippen LogP) is 3.11. The molecule has 0 aliphatic carbocycles. The number of likely N-dealkylation sites (N-methyl/N-ethyl adjacent to an activating group) is 1. The minimum absolute atomic E-state index is 0.168. The number of rotatable bonds is 4. The molecule has 3 nitrogen and oxygen atoms in total. The minimum Gasteiger partial charge on any atom is -0.310 e. The fraction of sp³-hybridized carbons (Fsp3) is 0.333. The Labute approximate surface area is 113 Å². The first kappa shape index (κ1) is 12.7. The van der Waals surface area contributed by atoms with Crippen LogP contribution in [-0.4, -0.2) is 17.0 Å². The van der Waals surface area contributed by atoms with E-state index in [0.29, 0.717) is 0 Å². The van der Waals surface area contributed by atoms with E-state index < -0.39 is 0 Å². The number of halogens is 1. The number of aryl methyl sites for hydroxylation is 1. The van der Waals surface area contributed by atoms with Gasteiger partial charge in [-0.15, -0.1) is 11.3 Å². The zero-order chi connectivity index (χ0) is 12.3. The molecule has 0 saturated carbocycles. The van der Waals surface area contributed by atoms with E-state index in [-0.39, 0.29) is 6.04 Å². The van der Waals surface area contributed by atoms with Gasteiger partial charge in [-0.25, -0.2) is 9.97 Å². The van der Waals surface area contributed by atoms with Gasteiger partial charge >= 0.3 is 0 Å². The predicted molar refractivity (Wildman–Crippen MR) is 74.3 cm³/mol. The molecule has 0 amide bonds. The van der Waals surface area contributed by atoms with Crippen molar-refractivity contribution in [1.29, 1.82) is 0 Å². The molecule has 2 heterocycles. The lowest BCUT2D eigenvalue weighted by atomic mass is 10.1. The Bertz CT molecular complexity index is 481. The first-order valence-electron chi connectivity index (χ1n) is 5.39. The van der Waals surface area contributed by atoms with Crippen molar-refractivity contribution in [1.82, 2.24) is 15.3 Å². The highest BCUT2D eigenvalue weighted by Crippen LogP contribution is 2.25. The van der Waals surface area contributed by atoms with Gasteiger partial charge in [0.05, 0.1) is 9.83 Å². The van der Waals surface area contributed by atoms with Crippen LogP contribution in [0.5, 0.6) is 0 Å². The van der Waals surface area contributed by atoms with E-state index in [2.05, 4.69) is 43.3 Å². The molecular formula is C12H14BrN3S. The van der Waals surface area contributed by atoms with Crippen LogP contribution in [-0.2, 0) is 6.42 Å². The van der Waals surface area contributed by atoms with Crippen LogP contribution >= 0.6 is 27.3 Å². The number of hydrogen-bond donors (Lipinski definition) is 1. The largest absolute Gasteiger partial charge is 0.310 e. The van der Waals surface area contributed by atoms with Crippen LogP contribution in [0.15, 0.2) is 28.3 Å². The maximum atomic E-state index is 4.37. The van der Waals surface area contributed by atoms with Crippen molar-refractivity contribution in [2.45, 2.75) is 19.4 Å². The first-order valence-corrected chi connectivity index (χ1v) is 7.00. The van der Waals surface area contributed by atoms with Crippen molar-refractivity contribution in [2.75, 3.05) is 7.05 Å². The average Bonchev–Trinajstić information content (AvgIpc) is 2.73. The Balaban J connectivity index is 2.13. The minimum atomic E-state index is 0.168. The second kappa shape index (κ2) is 5.71. The van der Waals surface area contributed by atoms with Gasteiger partial charge in [-0.1, -0.05) is 0 Å². The molecule has 0 fully saturated rings. The molecule has 1 unspecified atom stereocenters. The van der Waals surface area contributed by atoms with Crippen LogP contribution in [0.1, 0.15) is 22.3 Å². The van der Waals surface area contributed by atoms with E-state index in [1.807, 2.05) is 26.4 Å². The van der Waals surface area contributed by atoms with E-state index >= 15 is 0 Å². The van der Waals surface area contributed by atoms with Crippen molar-refractivity contribution < 1.29 is 0 Å². The molecule has 0 saturated heterocycles. The SMILES string of the molecule is CNC(Cc1ccc(Br)s1)c1ncc(C)cn1. The maximum Gasteiger partial charge on any atom is 0.145 e. The summed E-state index contributed by atoms with van der Waals surface area (Å²) in [5.74, 6) is 0.850. The summed E-state index contributed by atoms with van der Waals surface area (Å²) in [6, 6.07) is 4.37. The van der Waals surface area contributed by atoms with Gasteiger partial charge in [0.25, 0.3) is 0 Å². The summed E-state index contributed by atoms with van der Waals surface area (Å²) in [5.41, 5.74) is 1.09. The van der Waals surface area contributed by atoms with E-state index in [9.17, 15) is 0 Å². The summed E-state index contributed by atoms with van der Waals surface area (Å²) >= 11 is 5.23. The van der Waals surface area contributed by atoms with Crippen molar-refractivity contribution in [3.05, 3.63) is 44.6 Å². The third kappa shape index (κ3) is 3.34. The molecule has 2 aromatic heterocycles. The van der Waals surface area contributed by atoms with E-state index in [0.717, 1.165) is 21.6 Å². The van der Waals surface area contributed by atoms with Gasteiger partial charge in [0.15, 0.2) is 0 Å². The zero-order valence-corrected chi connectivity index (χ0v) is 12.2. The molecule has 90 valence electrons. The molecule has 0 aromatic carbocycles. The van der Waals surface area contributed by atoms with Crippen LogP contribution in [0.25, 0.3) is 0 Å². The number of hydrogen-bond acceptors (Lipinski definition) is 4. The summed E-state index contributed by atoms with van der Waals surface area (Å²) in [4.78, 5) is 10.1. The Morgan fingerprint density at radius 1 is 1.35 bits per heavy atom. The van der Waals surface area contributed by atoms with Gasteiger partial charge in [-0.3, -0.25) is 0 Å². The van der Waals surface area contributed by atoms with Crippen molar-refractivity contribution in [2.24, 2.45) is 0 Å². The molecule has 17 heavy (non-hydrogen) atoms. The monoisotopic (exact) mass is 311 g/mol. The van der Waals surface area contributed by atoms with Gasteiger partial charge in [-0.2, -0.15) is 0 Å². The average molecular weight is 312 g/mol. The summed E-state index contributed by atoms with van der Waals surface area (Å²) in [6.45, 7) is 1.99. The summed E-state index contributed by atoms with van der Waals surface area (Å²) in [7, 11) is 1.94. The summed E-state index contributed by atoms with van der Waals surface area (Å²) < 4.78 is 1.16. The van der Waals surface area contributed by atoms with Gasteiger partial charge in [0.1, 0.15) is 5.82 Å². The Hall–Kier alpha value is -0.780. The van der Waals surface area contributed by atoms with Crippen molar-refractivity contribution >= 4 is 27.3 Å². The summed E-state index contributed by atoms with van der Waals surface area (Å²) in [5, 5.41) is 3.26. The number of aromatic nitrogens is 2. The Morgan fingerprint density at radius 2 is 2.06 bits per heavy atom. The zero-order valence-electron chi connectivity index (χ0n) is 9.77. The molecule has 0 aliphatic rings. The number of nitrogens with zero attached hydrogens (tertiary/aromatic N) is 2. The van der Waals surface area contributed by atoms with E-state index in [4.69, 9.17) is 0 Å². The van der Waals surface area contributed by atoms with Crippen LogP contribution in [0, 0.1) is 6.92 Å². The molecule has 5 heteroatoms. The molecular weight excluding hydrogens is 298 g/mol. The highest BCUT2D eigenvalue weighted by molar-refractivity contribution is 9.11. The van der Waals surface area contributed by atoms with Crippen LogP contribution in [0.4, 0.5) is 0 Å². The second-order valence-corrected chi connectivity index (χ2v) is 6.42. The molecule has 1 N–H and O–H groups in total. The molecule has 1 atom stereocenters. The van der Waals surface area contributed by atoms with Crippen LogP contribution in [0.2, 0.25) is 0 Å².